The van der Waals surface area contributed by atoms with Gasteiger partial charge in [-0.05, 0) is 43.4 Å². The number of nitrogens with zero attached hydrogens (tertiary/aromatic N) is 7. The summed E-state index contributed by atoms with van der Waals surface area (Å²) in [5.41, 5.74) is 3.03. The molecule has 1 amide bonds. The molecule has 1 aliphatic heterocycles. The van der Waals surface area contributed by atoms with Crippen LogP contribution in [0, 0.1) is 5.82 Å². The Hall–Kier alpha value is -3.89. The number of likely N-dealkylation sites (N-methyl/N-ethyl adjacent to an activating group) is 1. The summed E-state index contributed by atoms with van der Waals surface area (Å²) in [6.07, 6.45) is 5.17. The van der Waals surface area contributed by atoms with Gasteiger partial charge < -0.3 is 15.1 Å². The van der Waals surface area contributed by atoms with E-state index in [9.17, 15) is 9.18 Å². The Morgan fingerprint density at radius 3 is 2.71 bits per heavy atom. The van der Waals surface area contributed by atoms with Gasteiger partial charge in [0.15, 0.2) is 0 Å². The van der Waals surface area contributed by atoms with Gasteiger partial charge in [-0.3, -0.25) is 9.78 Å². The number of carbonyl (C=O) groups excluding carboxylic acids is 1. The number of halogens is 2. The summed E-state index contributed by atoms with van der Waals surface area (Å²) >= 11 is 5.86. The Morgan fingerprint density at radius 2 is 1.91 bits per heavy atom. The normalized spacial score (nSPS) is 14.2. The van der Waals surface area contributed by atoms with Crippen LogP contribution in [-0.4, -0.2) is 69.0 Å². The number of hydrogen-bond acceptors (Lipinski definition) is 7. The first-order valence-corrected chi connectivity index (χ1v) is 11.4. The second kappa shape index (κ2) is 9.77. The summed E-state index contributed by atoms with van der Waals surface area (Å²) in [7, 11) is 2.11. The highest BCUT2D eigenvalue weighted by atomic mass is 35.5. The minimum Gasteiger partial charge on any atom is -0.368 e. The Kier molecular flexibility index (Phi) is 6.39. The number of carbonyl (C=O) groups is 1. The van der Waals surface area contributed by atoms with Crippen LogP contribution in [0.25, 0.3) is 16.9 Å². The lowest BCUT2D eigenvalue weighted by Crippen LogP contribution is -2.44. The summed E-state index contributed by atoms with van der Waals surface area (Å²) in [6, 6.07) is 11.0. The highest BCUT2D eigenvalue weighted by Gasteiger charge is 2.17. The molecule has 4 heterocycles. The predicted octanol–water partition coefficient (Wildman–Crippen LogP) is 3.52. The highest BCUT2D eigenvalue weighted by molar-refractivity contribution is 6.29. The molecule has 0 aliphatic carbocycles. The predicted molar refractivity (Wildman–Crippen MR) is 131 cm³/mol. The second-order valence-electron chi connectivity index (χ2n) is 8.24. The summed E-state index contributed by atoms with van der Waals surface area (Å²) < 4.78 is 16.0. The number of benzene rings is 1. The van der Waals surface area contributed by atoms with Crippen molar-refractivity contribution in [3.8, 4) is 16.9 Å². The number of amides is 1. The fourth-order valence-electron chi connectivity index (χ4n) is 3.82. The van der Waals surface area contributed by atoms with Gasteiger partial charge in [-0.25, -0.2) is 14.1 Å². The summed E-state index contributed by atoms with van der Waals surface area (Å²) in [4.78, 5) is 25.4. The number of aromatic nitrogens is 5. The standard InChI is InChI=1S/C24H22ClFN8O/c1-32-7-9-33(10-8-32)18-11-16(13-27-14-18)21-15-34(31-30-21)22-12-17(5-6-19(22)26)28-24(35)20-3-2-4-23(25)29-20/h2-6,11-15H,7-10H2,1H3,(H,28,35). The lowest BCUT2D eigenvalue weighted by Gasteiger charge is -2.33. The molecule has 178 valence electrons. The van der Waals surface area contributed by atoms with Crippen LogP contribution in [0.2, 0.25) is 5.15 Å². The smallest absolute Gasteiger partial charge is 0.274 e. The van der Waals surface area contributed by atoms with Crippen molar-refractivity contribution in [1.29, 1.82) is 0 Å². The third-order valence-electron chi connectivity index (χ3n) is 5.78. The topological polar surface area (TPSA) is 92.1 Å². The summed E-state index contributed by atoms with van der Waals surface area (Å²) in [6.45, 7) is 3.81. The molecule has 0 bridgehead atoms. The van der Waals surface area contributed by atoms with Gasteiger partial charge in [0.05, 0.1) is 18.1 Å². The average Bonchev–Trinajstić information content (AvgIpc) is 3.36. The maximum Gasteiger partial charge on any atom is 0.274 e. The largest absolute Gasteiger partial charge is 0.368 e. The number of anilines is 2. The van der Waals surface area contributed by atoms with Crippen molar-refractivity contribution in [2.45, 2.75) is 0 Å². The van der Waals surface area contributed by atoms with Crippen LogP contribution in [0.4, 0.5) is 15.8 Å². The van der Waals surface area contributed by atoms with Crippen LogP contribution in [-0.2, 0) is 0 Å². The molecule has 11 heteroatoms. The van der Waals surface area contributed by atoms with Crippen molar-refractivity contribution in [2.75, 3.05) is 43.4 Å². The highest BCUT2D eigenvalue weighted by Crippen LogP contribution is 2.25. The molecule has 0 spiro atoms. The number of pyridine rings is 2. The van der Waals surface area contributed by atoms with Crippen LogP contribution < -0.4 is 10.2 Å². The third kappa shape index (κ3) is 5.13. The number of rotatable bonds is 5. The van der Waals surface area contributed by atoms with E-state index in [4.69, 9.17) is 11.6 Å². The number of hydrogen-bond donors (Lipinski definition) is 1. The van der Waals surface area contributed by atoms with E-state index in [0.717, 1.165) is 37.4 Å². The first-order chi connectivity index (χ1) is 17.0. The van der Waals surface area contributed by atoms with Gasteiger partial charge in [-0.2, -0.15) is 0 Å². The molecule has 9 nitrogen and oxygen atoms in total. The van der Waals surface area contributed by atoms with Crippen molar-refractivity contribution < 1.29 is 9.18 Å². The van der Waals surface area contributed by atoms with Crippen molar-refractivity contribution in [3.63, 3.8) is 0 Å². The van der Waals surface area contributed by atoms with E-state index in [1.807, 2.05) is 12.3 Å². The maximum atomic E-state index is 14.7. The Balaban J connectivity index is 1.37. The fraction of sp³-hybridized carbons (Fsp3) is 0.208. The minimum atomic E-state index is -0.510. The fourth-order valence-corrected chi connectivity index (χ4v) is 3.98. The van der Waals surface area contributed by atoms with E-state index in [2.05, 4.69) is 42.4 Å². The molecule has 0 unspecified atom stereocenters. The monoisotopic (exact) mass is 492 g/mol. The van der Waals surface area contributed by atoms with Gasteiger partial charge in [0.25, 0.3) is 5.91 Å². The lowest BCUT2D eigenvalue weighted by atomic mass is 10.2. The summed E-state index contributed by atoms with van der Waals surface area (Å²) in [5, 5.41) is 11.2. The van der Waals surface area contributed by atoms with Gasteiger partial charge in [-0.1, -0.05) is 22.9 Å². The van der Waals surface area contributed by atoms with E-state index in [1.165, 1.54) is 22.9 Å². The first kappa shape index (κ1) is 22.9. The van der Waals surface area contributed by atoms with Crippen molar-refractivity contribution in [3.05, 3.63) is 77.7 Å². The maximum absolute atomic E-state index is 14.7. The zero-order valence-corrected chi connectivity index (χ0v) is 19.7. The molecule has 0 saturated carbocycles. The Bertz CT molecular complexity index is 1370. The third-order valence-corrected chi connectivity index (χ3v) is 5.99. The molecule has 1 aromatic carbocycles. The van der Waals surface area contributed by atoms with Gasteiger partial charge in [-0.15, -0.1) is 5.10 Å². The van der Waals surface area contributed by atoms with Crippen molar-refractivity contribution in [1.82, 2.24) is 29.9 Å². The number of nitrogens with one attached hydrogen (secondary N) is 1. The molecule has 1 aliphatic rings. The van der Waals surface area contributed by atoms with Crippen LogP contribution in [0.3, 0.4) is 0 Å². The average molecular weight is 493 g/mol. The molecular formula is C24H22ClFN8O. The molecule has 1 N–H and O–H groups in total. The Morgan fingerprint density at radius 1 is 1.09 bits per heavy atom. The van der Waals surface area contributed by atoms with Crippen LogP contribution >= 0.6 is 11.6 Å². The van der Waals surface area contributed by atoms with Crippen molar-refractivity contribution >= 4 is 28.9 Å². The van der Waals surface area contributed by atoms with Gasteiger partial charge >= 0.3 is 0 Å². The van der Waals surface area contributed by atoms with Crippen molar-refractivity contribution in [2.24, 2.45) is 0 Å². The van der Waals surface area contributed by atoms with Gasteiger partial charge in [0.2, 0.25) is 0 Å². The second-order valence-corrected chi connectivity index (χ2v) is 8.62. The van der Waals surface area contributed by atoms with E-state index in [1.54, 1.807) is 30.6 Å². The molecule has 1 saturated heterocycles. The summed E-state index contributed by atoms with van der Waals surface area (Å²) in [5.74, 6) is -0.972. The Labute approximate surface area is 206 Å². The molecule has 4 aromatic rings. The van der Waals surface area contributed by atoms with Crippen LogP contribution in [0.15, 0.2) is 61.1 Å². The molecule has 3 aromatic heterocycles. The molecule has 1 fully saturated rings. The van der Waals surface area contributed by atoms with Crippen LogP contribution in [0.1, 0.15) is 10.5 Å². The molecule has 0 atom stereocenters. The SMILES string of the molecule is CN1CCN(c2cncc(-c3cn(-c4cc(NC(=O)c5cccc(Cl)n5)ccc4F)nn3)c2)CC1. The molecule has 0 radical (unpaired) electrons. The zero-order valence-electron chi connectivity index (χ0n) is 18.9. The zero-order chi connectivity index (χ0) is 24.4. The van der Waals surface area contributed by atoms with E-state index in [-0.39, 0.29) is 16.5 Å². The quantitative estimate of drug-likeness (QED) is 0.426. The van der Waals surface area contributed by atoms with E-state index >= 15 is 0 Å². The molecule has 5 rings (SSSR count). The number of piperazine rings is 1. The lowest BCUT2D eigenvalue weighted by molar-refractivity contribution is 0.102. The van der Waals surface area contributed by atoms with Gasteiger partial charge in [0, 0.05) is 43.6 Å². The van der Waals surface area contributed by atoms with E-state index in [0.29, 0.717) is 11.4 Å². The molecule has 35 heavy (non-hydrogen) atoms. The van der Waals surface area contributed by atoms with Gasteiger partial charge in [0.1, 0.15) is 28.0 Å². The van der Waals surface area contributed by atoms with E-state index < -0.39 is 11.7 Å². The van der Waals surface area contributed by atoms with Crippen LogP contribution in [0.5, 0.6) is 0 Å². The molecular weight excluding hydrogens is 471 g/mol. The minimum absolute atomic E-state index is 0.142. The first-order valence-electron chi connectivity index (χ1n) is 11.0.